The third kappa shape index (κ3) is 5.09. The number of hydrogen-bond acceptors (Lipinski definition) is 2. The van der Waals surface area contributed by atoms with Crippen LogP contribution >= 0.6 is 15.9 Å². The molecule has 1 atom stereocenters. The van der Waals surface area contributed by atoms with Gasteiger partial charge in [-0.2, -0.15) is 0 Å². The minimum absolute atomic E-state index is 0.204. The second-order valence-corrected chi connectivity index (χ2v) is 5.48. The SMILES string of the molecule is CC[C@@H](C)NCc1ccc(OC(C)C)c(Br)c1. The number of rotatable bonds is 6. The molecule has 1 rings (SSSR count). The molecule has 0 fully saturated rings. The maximum atomic E-state index is 5.68. The Bertz CT molecular complexity index is 352. The van der Waals surface area contributed by atoms with E-state index in [1.807, 2.05) is 19.9 Å². The Morgan fingerprint density at radius 2 is 2.00 bits per heavy atom. The van der Waals surface area contributed by atoms with Crippen LogP contribution in [0, 0.1) is 0 Å². The van der Waals surface area contributed by atoms with Crippen LogP contribution in [0.2, 0.25) is 0 Å². The van der Waals surface area contributed by atoms with Crippen molar-refractivity contribution in [2.24, 2.45) is 0 Å². The second-order valence-electron chi connectivity index (χ2n) is 4.62. The molecular weight excluding hydrogens is 278 g/mol. The van der Waals surface area contributed by atoms with Crippen molar-refractivity contribution < 1.29 is 4.74 Å². The average Bonchev–Trinajstić information content (AvgIpc) is 2.28. The highest BCUT2D eigenvalue weighted by molar-refractivity contribution is 9.10. The van der Waals surface area contributed by atoms with Gasteiger partial charge in [-0.3, -0.25) is 0 Å². The Labute approximate surface area is 113 Å². The van der Waals surface area contributed by atoms with Gasteiger partial charge in [0.1, 0.15) is 5.75 Å². The first kappa shape index (κ1) is 14.5. The maximum absolute atomic E-state index is 5.68. The fourth-order valence-corrected chi connectivity index (χ4v) is 1.96. The molecule has 1 N–H and O–H groups in total. The lowest BCUT2D eigenvalue weighted by Gasteiger charge is -2.14. The number of nitrogens with one attached hydrogen (secondary N) is 1. The van der Waals surface area contributed by atoms with Crippen LogP contribution in [0.25, 0.3) is 0 Å². The predicted molar refractivity (Wildman–Crippen MR) is 76.5 cm³/mol. The highest BCUT2D eigenvalue weighted by atomic mass is 79.9. The topological polar surface area (TPSA) is 21.3 Å². The summed E-state index contributed by atoms with van der Waals surface area (Å²) in [7, 11) is 0. The summed E-state index contributed by atoms with van der Waals surface area (Å²) in [5.41, 5.74) is 1.27. The normalized spacial score (nSPS) is 12.8. The number of halogens is 1. The van der Waals surface area contributed by atoms with Gasteiger partial charge in [-0.25, -0.2) is 0 Å². The van der Waals surface area contributed by atoms with E-state index >= 15 is 0 Å². The van der Waals surface area contributed by atoms with Crippen LogP contribution < -0.4 is 10.1 Å². The zero-order valence-electron chi connectivity index (χ0n) is 11.1. The molecule has 0 bridgehead atoms. The molecule has 0 aliphatic heterocycles. The minimum Gasteiger partial charge on any atom is -0.490 e. The van der Waals surface area contributed by atoms with Gasteiger partial charge in [0.15, 0.2) is 0 Å². The first-order valence-electron chi connectivity index (χ1n) is 6.21. The van der Waals surface area contributed by atoms with Crippen molar-refractivity contribution in [3.8, 4) is 5.75 Å². The zero-order valence-corrected chi connectivity index (χ0v) is 12.7. The molecule has 2 nitrogen and oxygen atoms in total. The Hall–Kier alpha value is -0.540. The van der Waals surface area contributed by atoms with Crippen LogP contribution in [0.3, 0.4) is 0 Å². The monoisotopic (exact) mass is 299 g/mol. The van der Waals surface area contributed by atoms with Crippen molar-refractivity contribution in [2.75, 3.05) is 0 Å². The number of ether oxygens (including phenoxy) is 1. The molecule has 0 amide bonds. The summed E-state index contributed by atoms with van der Waals surface area (Å²) in [5.74, 6) is 0.910. The predicted octanol–water partition coefficient (Wildman–Crippen LogP) is 4.12. The third-order valence-electron chi connectivity index (χ3n) is 2.63. The smallest absolute Gasteiger partial charge is 0.133 e. The van der Waals surface area contributed by atoms with E-state index in [9.17, 15) is 0 Å². The van der Waals surface area contributed by atoms with Crippen molar-refractivity contribution in [3.63, 3.8) is 0 Å². The average molecular weight is 300 g/mol. The first-order valence-corrected chi connectivity index (χ1v) is 7.00. The van der Waals surface area contributed by atoms with E-state index in [-0.39, 0.29) is 6.10 Å². The van der Waals surface area contributed by atoms with Gasteiger partial charge in [-0.15, -0.1) is 0 Å². The standard InChI is InChI=1S/C14H22BrNO/c1-5-11(4)16-9-12-6-7-14(13(15)8-12)17-10(2)3/h6-8,10-11,16H,5,9H2,1-4H3/t11-/m1/s1. The Morgan fingerprint density at radius 3 is 2.53 bits per heavy atom. The van der Waals surface area contributed by atoms with Gasteiger partial charge in [0, 0.05) is 12.6 Å². The second kappa shape index (κ2) is 7.02. The van der Waals surface area contributed by atoms with Crippen LogP contribution in [0.4, 0.5) is 0 Å². The lowest BCUT2D eigenvalue weighted by atomic mass is 10.2. The summed E-state index contributed by atoms with van der Waals surface area (Å²) in [6, 6.07) is 6.81. The molecule has 0 unspecified atom stereocenters. The van der Waals surface area contributed by atoms with Crippen molar-refractivity contribution in [1.29, 1.82) is 0 Å². The number of hydrogen-bond donors (Lipinski definition) is 1. The molecule has 0 aliphatic rings. The van der Waals surface area contributed by atoms with Crippen molar-refractivity contribution in [3.05, 3.63) is 28.2 Å². The molecular formula is C14H22BrNO. The Kier molecular flexibility index (Phi) is 6.00. The lowest BCUT2D eigenvalue weighted by Crippen LogP contribution is -2.24. The molecule has 3 heteroatoms. The van der Waals surface area contributed by atoms with Crippen LogP contribution in [0.15, 0.2) is 22.7 Å². The van der Waals surface area contributed by atoms with Gasteiger partial charge in [0.25, 0.3) is 0 Å². The Morgan fingerprint density at radius 1 is 1.29 bits per heavy atom. The highest BCUT2D eigenvalue weighted by Crippen LogP contribution is 2.26. The molecule has 0 radical (unpaired) electrons. The van der Waals surface area contributed by atoms with E-state index in [1.54, 1.807) is 0 Å². The van der Waals surface area contributed by atoms with Crippen LogP contribution in [-0.4, -0.2) is 12.1 Å². The van der Waals surface area contributed by atoms with Crippen molar-refractivity contribution in [1.82, 2.24) is 5.32 Å². The van der Waals surface area contributed by atoms with E-state index in [0.29, 0.717) is 6.04 Å². The summed E-state index contributed by atoms with van der Waals surface area (Å²) in [6.45, 7) is 9.35. The lowest BCUT2D eigenvalue weighted by molar-refractivity contribution is 0.241. The van der Waals surface area contributed by atoms with Crippen molar-refractivity contribution in [2.45, 2.75) is 52.8 Å². The molecule has 0 saturated heterocycles. The summed E-state index contributed by atoms with van der Waals surface area (Å²) in [4.78, 5) is 0. The third-order valence-corrected chi connectivity index (χ3v) is 3.25. The van der Waals surface area contributed by atoms with Crippen LogP contribution in [0.1, 0.15) is 39.7 Å². The molecule has 0 saturated carbocycles. The van der Waals surface area contributed by atoms with E-state index in [2.05, 4.69) is 47.2 Å². The highest BCUT2D eigenvalue weighted by Gasteiger charge is 2.05. The largest absolute Gasteiger partial charge is 0.490 e. The van der Waals surface area contributed by atoms with Gasteiger partial charge in [-0.05, 0) is 60.8 Å². The van der Waals surface area contributed by atoms with E-state index in [0.717, 1.165) is 23.2 Å². The summed E-state index contributed by atoms with van der Waals surface area (Å²) in [6.07, 6.45) is 1.35. The molecule has 17 heavy (non-hydrogen) atoms. The summed E-state index contributed by atoms with van der Waals surface area (Å²) >= 11 is 3.55. The molecule has 96 valence electrons. The first-order chi connectivity index (χ1) is 8.02. The van der Waals surface area contributed by atoms with Crippen LogP contribution in [-0.2, 0) is 6.54 Å². The minimum atomic E-state index is 0.204. The number of benzene rings is 1. The quantitative estimate of drug-likeness (QED) is 0.853. The zero-order chi connectivity index (χ0) is 12.8. The molecule has 0 heterocycles. The molecule has 1 aromatic rings. The van der Waals surface area contributed by atoms with E-state index < -0.39 is 0 Å². The van der Waals surface area contributed by atoms with Gasteiger partial charge in [0.05, 0.1) is 10.6 Å². The summed E-state index contributed by atoms with van der Waals surface area (Å²) in [5, 5.41) is 3.47. The maximum Gasteiger partial charge on any atom is 0.133 e. The summed E-state index contributed by atoms with van der Waals surface area (Å²) < 4.78 is 6.70. The van der Waals surface area contributed by atoms with Gasteiger partial charge in [0.2, 0.25) is 0 Å². The molecule has 0 aliphatic carbocycles. The Balaban J connectivity index is 2.62. The van der Waals surface area contributed by atoms with Crippen molar-refractivity contribution >= 4 is 15.9 Å². The fraction of sp³-hybridized carbons (Fsp3) is 0.571. The van der Waals surface area contributed by atoms with Crippen LogP contribution in [0.5, 0.6) is 5.75 Å². The molecule has 0 spiro atoms. The van der Waals surface area contributed by atoms with Gasteiger partial charge in [-0.1, -0.05) is 13.0 Å². The van der Waals surface area contributed by atoms with Gasteiger partial charge >= 0.3 is 0 Å². The molecule has 0 aromatic heterocycles. The fourth-order valence-electron chi connectivity index (χ4n) is 1.44. The van der Waals surface area contributed by atoms with E-state index in [1.165, 1.54) is 5.56 Å². The van der Waals surface area contributed by atoms with Gasteiger partial charge < -0.3 is 10.1 Å². The van der Waals surface area contributed by atoms with E-state index in [4.69, 9.17) is 4.74 Å². The molecule has 1 aromatic carbocycles.